The molecule has 1 saturated heterocycles. The Bertz CT molecular complexity index is 454. The van der Waals surface area contributed by atoms with Gasteiger partial charge in [0.25, 0.3) is 0 Å². The molecule has 1 fully saturated rings. The topological polar surface area (TPSA) is 82.2 Å². The van der Waals surface area contributed by atoms with E-state index in [-0.39, 0.29) is 30.0 Å². The van der Waals surface area contributed by atoms with Crippen LogP contribution in [-0.2, 0) is 4.79 Å². The molecule has 1 amide bonds. The van der Waals surface area contributed by atoms with Crippen molar-refractivity contribution in [3.63, 3.8) is 0 Å². The second-order valence-electron chi connectivity index (χ2n) is 6.73. The molecule has 0 saturated carbocycles. The van der Waals surface area contributed by atoms with Crippen LogP contribution in [0.15, 0.2) is 5.28 Å². The van der Waals surface area contributed by atoms with E-state index in [1.165, 1.54) is 5.01 Å². The van der Waals surface area contributed by atoms with E-state index in [0.717, 1.165) is 4.90 Å². The molecule has 0 spiro atoms. The zero-order valence-electron chi connectivity index (χ0n) is 13.7. The van der Waals surface area contributed by atoms with Crippen molar-refractivity contribution in [3.8, 4) is 0 Å². The number of halogens is 3. The Morgan fingerprint density at radius 2 is 1.83 bits per heavy atom. The fourth-order valence-electron chi connectivity index (χ4n) is 3.03. The lowest BCUT2D eigenvalue weighted by Crippen LogP contribution is -2.55. The minimum Gasteiger partial charge on any atom is -0.569 e. The van der Waals surface area contributed by atoms with Crippen LogP contribution >= 0.6 is 0 Å². The largest absolute Gasteiger partial charge is 0.569 e. The molecule has 7 nitrogen and oxygen atoms in total. The predicted octanol–water partition coefficient (Wildman–Crippen LogP) is 2.54. The summed E-state index contributed by atoms with van der Waals surface area (Å²) in [5.41, 5.74) is -0.633. The number of hydrogen-bond donors (Lipinski definition) is 1. The molecule has 1 N–H and O–H groups in total. The van der Waals surface area contributed by atoms with Crippen molar-refractivity contribution in [3.05, 3.63) is 5.21 Å². The van der Waals surface area contributed by atoms with Gasteiger partial charge in [-0.3, -0.25) is 4.79 Å². The van der Waals surface area contributed by atoms with Gasteiger partial charge >= 0.3 is 12.1 Å². The third kappa shape index (κ3) is 4.61. The van der Waals surface area contributed by atoms with Gasteiger partial charge in [0.2, 0.25) is 5.28 Å². The van der Waals surface area contributed by atoms with Crippen LogP contribution in [0.2, 0.25) is 0 Å². The van der Waals surface area contributed by atoms with E-state index in [2.05, 4.69) is 5.28 Å². The number of piperidine rings is 1. The normalized spacial score (nSPS) is 19.6. The standard InChI is InChI=1S/C13H23F3N4O3/c1-9(19(12(2,3)4)20(23)17-22)10-5-7-18(8-6-10)11(21)13(14,15)16/h9-10,22H,5-8H2,1-4H3. The third-order valence-electron chi connectivity index (χ3n) is 4.09. The smallest absolute Gasteiger partial charge is 0.471 e. The molecular formula is C13H23F3N4O3. The summed E-state index contributed by atoms with van der Waals surface area (Å²) in [5, 5.41) is 24.5. The molecule has 0 aromatic heterocycles. The quantitative estimate of drug-likeness (QED) is 0.486. The Kier molecular flexibility index (Phi) is 5.70. The fourth-order valence-corrected chi connectivity index (χ4v) is 3.03. The van der Waals surface area contributed by atoms with Gasteiger partial charge in [-0.25, -0.2) is 0 Å². The van der Waals surface area contributed by atoms with Gasteiger partial charge in [-0.15, -0.1) is 5.01 Å². The average molecular weight is 340 g/mol. The van der Waals surface area contributed by atoms with E-state index >= 15 is 0 Å². The van der Waals surface area contributed by atoms with Crippen molar-refractivity contribution in [2.45, 2.75) is 58.3 Å². The van der Waals surface area contributed by atoms with Gasteiger partial charge in [0.1, 0.15) is 0 Å². The second kappa shape index (κ2) is 6.79. The molecule has 1 aliphatic rings. The maximum atomic E-state index is 12.4. The van der Waals surface area contributed by atoms with Crippen LogP contribution in [0.1, 0.15) is 40.5 Å². The van der Waals surface area contributed by atoms with Gasteiger partial charge < -0.3 is 15.3 Å². The molecule has 0 aromatic rings. The van der Waals surface area contributed by atoms with Crippen LogP contribution in [-0.4, -0.2) is 56.8 Å². The molecule has 134 valence electrons. The van der Waals surface area contributed by atoms with Crippen molar-refractivity contribution in [1.29, 1.82) is 0 Å². The minimum absolute atomic E-state index is 0.0134. The molecule has 10 heteroatoms. The monoisotopic (exact) mass is 340 g/mol. The molecule has 23 heavy (non-hydrogen) atoms. The van der Waals surface area contributed by atoms with Crippen LogP contribution in [0.25, 0.3) is 0 Å². The lowest BCUT2D eigenvalue weighted by molar-refractivity contribution is -0.732. The van der Waals surface area contributed by atoms with Gasteiger partial charge in [0.15, 0.2) is 0 Å². The van der Waals surface area contributed by atoms with Gasteiger partial charge in [-0.1, -0.05) is 0 Å². The summed E-state index contributed by atoms with van der Waals surface area (Å²) in [6.45, 7) is 7.03. The summed E-state index contributed by atoms with van der Waals surface area (Å²) in [6, 6.07) is -0.355. The lowest BCUT2D eigenvalue weighted by Gasteiger charge is -2.41. The molecule has 0 bridgehead atoms. The fraction of sp³-hybridized carbons (Fsp3) is 0.923. The molecule has 0 aliphatic carbocycles. The lowest BCUT2D eigenvalue weighted by atomic mass is 9.88. The first-order valence-corrected chi connectivity index (χ1v) is 7.37. The van der Waals surface area contributed by atoms with Crippen molar-refractivity contribution in [2.24, 2.45) is 11.2 Å². The van der Waals surface area contributed by atoms with Crippen molar-refractivity contribution in [2.75, 3.05) is 13.1 Å². The maximum Gasteiger partial charge on any atom is 0.471 e. The van der Waals surface area contributed by atoms with Crippen LogP contribution in [0.5, 0.6) is 0 Å². The number of carbonyl (C=O) groups excluding carboxylic acids is 1. The van der Waals surface area contributed by atoms with Crippen LogP contribution in [0.4, 0.5) is 13.2 Å². The summed E-state index contributed by atoms with van der Waals surface area (Å²) in [4.78, 5) is 12.1. The highest BCUT2D eigenvalue weighted by Gasteiger charge is 2.45. The van der Waals surface area contributed by atoms with E-state index in [9.17, 15) is 23.2 Å². The van der Waals surface area contributed by atoms with Gasteiger partial charge in [0.05, 0.1) is 16.6 Å². The van der Waals surface area contributed by atoms with Crippen molar-refractivity contribution >= 4 is 5.91 Å². The Balaban J connectivity index is 2.77. The van der Waals surface area contributed by atoms with Crippen LogP contribution in [0.3, 0.4) is 0 Å². The number of rotatable bonds is 3. The van der Waals surface area contributed by atoms with Crippen LogP contribution < -0.4 is 0 Å². The van der Waals surface area contributed by atoms with Crippen molar-refractivity contribution in [1.82, 2.24) is 9.91 Å². The third-order valence-corrected chi connectivity index (χ3v) is 4.09. The summed E-state index contributed by atoms with van der Waals surface area (Å²) >= 11 is 0. The van der Waals surface area contributed by atoms with E-state index in [4.69, 9.17) is 5.21 Å². The van der Waals surface area contributed by atoms with Gasteiger partial charge in [-0.2, -0.15) is 13.2 Å². The van der Waals surface area contributed by atoms with Crippen molar-refractivity contribution < 1.29 is 28.1 Å². The van der Waals surface area contributed by atoms with E-state index in [1.807, 2.05) is 0 Å². The number of amides is 1. The highest BCUT2D eigenvalue weighted by atomic mass is 19.4. The summed E-state index contributed by atoms with van der Waals surface area (Å²) in [5.74, 6) is -1.92. The average Bonchev–Trinajstić information content (AvgIpc) is 2.44. The number of carbonyl (C=O) groups is 1. The number of likely N-dealkylation sites (tertiary alicyclic amines) is 1. The van der Waals surface area contributed by atoms with Crippen LogP contribution in [0, 0.1) is 11.1 Å². The second-order valence-corrected chi connectivity index (χ2v) is 6.73. The number of hydrogen-bond acceptors (Lipinski definition) is 3. The first kappa shape index (κ1) is 19.3. The Morgan fingerprint density at radius 3 is 2.17 bits per heavy atom. The highest BCUT2D eigenvalue weighted by Crippen LogP contribution is 2.30. The van der Waals surface area contributed by atoms with E-state index in [0.29, 0.717) is 12.8 Å². The Morgan fingerprint density at radius 1 is 1.35 bits per heavy atom. The summed E-state index contributed by atoms with van der Waals surface area (Å²) < 4.78 is 37.3. The van der Waals surface area contributed by atoms with Gasteiger partial charge in [-0.05, 0) is 46.5 Å². The van der Waals surface area contributed by atoms with E-state index in [1.54, 1.807) is 27.7 Å². The number of hydrazine groups is 1. The zero-order chi connectivity index (χ0) is 18.0. The zero-order valence-corrected chi connectivity index (χ0v) is 13.7. The first-order valence-electron chi connectivity index (χ1n) is 7.37. The van der Waals surface area contributed by atoms with Gasteiger partial charge in [0, 0.05) is 13.1 Å². The first-order chi connectivity index (χ1) is 10.4. The summed E-state index contributed by atoms with van der Waals surface area (Å²) in [7, 11) is 0. The SMILES string of the molecule is CC(C1CCN(C(=O)C(F)(F)F)CC1)N([N+]([O-])=NO)C(C)(C)C. The minimum atomic E-state index is -4.86. The summed E-state index contributed by atoms with van der Waals surface area (Å²) in [6.07, 6.45) is -4.18. The molecule has 1 atom stereocenters. The van der Waals surface area contributed by atoms with E-state index < -0.39 is 17.6 Å². The molecule has 1 aliphatic heterocycles. The number of nitrogens with zero attached hydrogens (tertiary/aromatic N) is 4. The molecule has 0 aromatic carbocycles. The number of alkyl halides is 3. The Hall–Kier alpha value is -1.74. The maximum absolute atomic E-state index is 12.4. The molecule has 1 unspecified atom stereocenters. The molecule has 0 radical (unpaired) electrons. The predicted molar refractivity (Wildman–Crippen MR) is 74.3 cm³/mol. The molecule has 1 rings (SSSR count). The molecular weight excluding hydrogens is 317 g/mol. The highest BCUT2D eigenvalue weighted by molar-refractivity contribution is 5.81. The molecule has 1 heterocycles. The Labute approximate surface area is 132 Å².